The average molecular weight is 828 g/mol. The molecular weight excluding hydrogens is 776 g/mol. The van der Waals surface area contributed by atoms with Crippen LogP contribution in [0.3, 0.4) is 0 Å². The fourth-order valence-corrected chi connectivity index (χ4v) is 10.3. The second kappa shape index (κ2) is 16.8. The first-order valence-electron chi connectivity index (χ1n) is 19.8. The van der Waals surface area contributed by atoms with Crippen molar-refractivity contribution in [2.24, 2.45) is 0 Å². The Kier molecular flexibility index (Phi) is 12.1. The van der Waals surface area contributed by atoms with Gasteiger partial charge in [-0.3, -0.25) is 8.74 Å². The number of nitrogens with zero attached hydrogens (tertiary/aromatic N) is 2. The molecule has 0 saturated carbocycles. The quantitative estimate of drug-likeness (QED) is 0.0583. The molecule has 4 aromatic rings. The molecule has 0 amide bonds. The Morgan fingerprint density at radius 2 is 1.54 bits per heavy atom. The van der Waals surface area contributed by atoms with Crippen LogP contribution in [0.15, 0.2) is 119 Å². The van der Waals surface area contributed by atoms with Crippen LogP contribution in [0.2, 0.25) is 0 Å². The van der Waals surface area contributed by atoms with Crippen molar-refractivity contribution in [2.75, 3.05) is 30.3 Å². The zero-order valence-electron chi connectivity index (χ0n) is 33.1. The molecule has 0 radical (unpaired) electrons. The largest absolute Gasteiger partial charge is 0.748 e. The Labute approximate surface area is 344 Å². The van der Waals surface area contributed by atoms with Gasteiger partial charge in [0, 0.05) is 58.3 Å². The molecule has 2 heterocycles. The molecule has 0 saturated heterocycles. The van der Waals surface area contributed by atoms with Gasteiger partial charge in [0.2, 0.25) is 5.69 Å². The van der Waals surface area contributed by atoms with Gasteiger partial charge in [-0.1, -0.05) is 92.2 Å². The first-order valence-corrected chi connectivity index (χ1v) is 22.8. The van der Waals surface area contributed by atoms with Crippen LogP contribution < -0.4 is 4.90 Å². The van der Waals surface area contributed by atoms with Gasteiger partial charge >= 0.3 is 11.4 Å². The summed E-state index contributed by atoms with van der Waals surface area (Å²) in [6, 6.07) is 25.6. The third kappa shape index (κ3) is 8.49. The molecule has 0 fully saturated rings. The third-order valence-electron chi connectivity index (χ3n) is 11.8. The van der Waals surface area contributed by atoms with Gasteiger partial charge in [-0.05, 0) is 109 Å². The predicted octanol–water partition coefficient (Wildman–Crippen LogP) is 10.5. The van der Waals surface area contributed by atoms with Crippen LogP contribution >= 0.6 is 11.6 Å². The summed E-state index contributed by atoms with van der Waals surface area (Å²) in [5, 5.41) is 5.56. The van der Waals surface area contributed by atoms with E-state index in [1.54, 1.807) is 0 Å². The van der Waals surface area contributed by atoms with Crippen molar-refractivity contribution in [2.45, 2.75) is 83.5 Å². The van der Waals surface area contributed by atoms with Gasteiger partial charge in [-0.25, -0.2) is 8.42 Å². The van der Waals surface area contributed by atoms with E-state index in [0.717, 1.165) is 59.8 Å². The molecule has 1 atom stereocenters. The van der Waals surface area contributed by atoms with E-state index in [0.29, 0.717) is 25.8 Å². The van der Waals surface area contributed by atoms with E-state index in [1.165, 1.54) is 44.1 Å². The summed E-state index contributed by atoms with van der Waals surface area (Å²) in [4.78, 5) is 2.29. The Morgan fingerprint density at radius 3 is 2.25 bits per heavy atom. The summed E-state index contributed by atoms with van der Waals surface area (Å²) in [6.07, 6.45) is 13.8. The van der Waals surface area contributed by atoms with Gasteiger partial charge in [0.25, 0.3) is 0 Å². The van der Waals surface area contributed by atoms with Crippen molar-refractivity contribution in [1.29, 1.82) is 0 Å². The van der Waals surface area contributed by atoms with E-state index in [-0.39, 0.29) is 23.2 Å². The molecule has 0 bridgehead atoms. The van der Waals surface area contributed by atoms with Gasteiger partial charge in [-0.2, -0.15) is 8.78 Å². The lowest BCUT2D eigenvalue weighted by molar-refractivity contribution is -0.438. The Morgan fingerprint density at radius 1 is 0.860 bits per heavy atom. The maximum atomic E-state index is 11.4. The minimum Gasteiger partial charge on any atom is -0.748 e. The molecule has 3 aliphatic rings. The zero-order chi connectivity index (χ0) is 40.5. The number of hydrogen-bond acceptors (Lipinski definition) is 6. The molecule has 1 aliphatic carbocycles. The van der Waals surface area contributed by atoms with Crippen LogP contribution in [0, 0.1) is 0 Å². The molecule has 11 heteroatoms. The standard InChI is InChI=1S/C46H51ClN2O6S2/c1-45(2)40(48(28-9-11-30-55-56(50)51)38-24-20-32-14-5-7-18-36(32)42(38)45)26-22-34-16-13-17-35(44(34)47)23-27-41-46(3,4)43-37-19-8-6-15-33(37)21-25-39(43)49(41)29-10-12-31-57(52,53)54/h5-8,14-15,18-27H,9-13,16-17,28-31H2,1-4H3,(H-,50,51,52,53,54). The molecule has 8 nitrogen and oxygen atoms in total. The molecule has 57 heavy (non-hydrogen) atoms. The number of halogens is 1. The smallest absolute Gasteiger partial charge is 0.301 e. The maximum absolute atomic E-state index is 11.4. The second-order valence-corrected chi connectivity index (χ2v) is 18.9. The van der Waals surface area contributed by atoms with Crippen molar-refractivity contribution >= 4 is 71.7 Å². The normalized spacial score (nSPS) is 19.8. The van der Waals surface area contributed by atoms with Gasteiger partial charge < -0.3 is 9.45 Å². The summed E-state index contributed by atoms with van der Waals surface area (Å²) in [5.74, 6) is -0.367. The highest BCUT2D eigenvalue weighted by Gasteiger charge is 2.45. The van der Waals surface area contributed by atoms with Gasteiger partial charge in [0.05, 0.1) is 22.1 Å². The third-order valence-corrected chi connectivity index (χ3v) is 13.5. The van der Waals surface area contributed by atoms with Gasteiger partial charge in [0.15, 0.2) is 5.71 Å². The molecule has 1 unspecified atom stereocenters. The van der Waals surface area contributed by atoms with E-state index in [2.05, 4.69) is 134 Å². The van der Waals surface area contributed by atoms with E-state index in [1.807, 2.05) is 0 Å². The number of unbranched alkanes of at least 4 members (excludes halogenated alkanes) is 2. The zero-order valence-corrected chi connectivity index (χ0v) is 35.5. The lowest BCUT2D eigenvalue weighted by Gasteiger charge is -2.27. The van der Waals surface area contributed by atoms with Crippen molar-refractivity contribution in [3.63, 3.8) is 0 Å². The van der Waals surface area contributed by atoms with Crippen LogP contribution in [0.5, 0.6) is 0 Å². The lowest BCUT2D eigenvalue weighted by Crippen LogP contribution is -2.28. The fourth-order valence-electron chi connectivity index (χ4n) is 9.17. The average Bonchev–Trinajstić information content (AvgIpc) is 3.53. The highest BCUT2D eigenvalue weighted by atomic mass is 35.5. The Balaban J connectivity index is 1.23. The molecule has 1 N–H and O–H groups in total. The molecule has 4 aromatic carbocycles. The molecular formula is C46H51ClN2O6S2. The minimum atomic E-state index is -4.28. The number of anilines is 1. The molecule has 300 valence electrons. The van der Waals surface area contributed by atoms with Crippen LogP contribution in [-0.2, 0) is 36.5 Å². The summed E-state index contributed by atoms with van der Waals surface area (Å²) in [6.45, 7) is 10.6. The van der Waals surface area contributed by atoms with E-state index >= 15 is 0 Å². The van der Waals surface area contributed by atoms with Gasteiger partial charge in [-0.15, -0.1) is 0 Å². The topological polar surface area (TPSA) is 110 Å². The van der Waals surface area contributed by atoms with Crippen LogP contribution in [0.4, 0.5) is 11.4 Å². The highest BCUT2D eigenvalue weighted by molar-refractivity contribution is 7.85. The second-order valence-electron chi connectivity index (χ2n) is 16.3. The van der Waals surface area contributed by atoms with Crippen LogP contribution in [0.1, 0.15) is 83.8 Å². The fraction of sp³-hybridized carbons (Fsp3) is 0.370. The Bertz CT molecular complexity index is 2510. The number of fused-ring (bicyclic) bond motifs is 6. The van der Waals surface area contributed by atoms with E-state index in [4.69, 9.17) is 20.3 Å². The maximum Gasteiger partial charge on any atom is 0.301 e. The number of allylic oxidation sites excluding steroid dienone is 8. The number of benzene rings is 4. The summed E-state index contributed by atoms with van der Waals surface area (Å²) in [7, 11) is -4.28. The van der Waals surface area contributed by atoms with E-state index < -0.39 is 21.5 Å². The van der Waals surface area contributed by atoms with Crippen molar-refractivity contribution < 1.29 is 30.5 Å². The number of hydrogen-bond donors (Lipinski definition) is 1. The molecule has 7 rings (SSSR count). The summed E-state index contributed by atoms with van der Waals surface area (Å²) < 4.78 is 61.6. The predicted molar refractivity (Wildman–Crippen MR) is 233 cm³/mol. The summed E-state index contributed by atoms with van der Waals surface area (Å²) in [5.41, 5.74) is 8.61. The Hall–Kier alpha value is -3.90. The highest BCUT2D eigenvalue weighted by Crippen LogP contribution is 2.51. The van der Waals surface area contributed by atoms with Crippen molar-refractivity contribution in [1.82, 2.24) is 0 Å². The van der Waals surface area contributed by atoms with Crippen molar-refractivity contribution in [3.8, 4) is 0 Å². The van der Waals surface area contributed by atoms with Gasteiger partial charge in [0.1, 0.15) is 6.54 Å². The SMILES string of the molecule is CC1(C)C(=CC=C2CCCC(/C=C/C3=[N+](CCCCOS(=O)O)c4ccc5ccccc5c4C3(C)C)=C2Cl)N(CCCCS(=O)(=O)[O-])c2ccc3ccccc3c21. The molecule has 0 spiro atoms. The van der Waals surface area contributed by atoms with Crippen molar-refractivity contribution in [3.05, 3.63) is 130 Å². The minimum absolute atomic E-state index is 0.216. The molecule has 0 aromatic heterocycles. The van der Waals surface area contributed by atoms with Crippen LogP contribution in [0.25, 0.3) is 21.5 Å². The van der Waals surface area contributed by atoms with E-state index in [9.17, 15) is 17.2 Å². The van der Waals surface area contributed by atoms with Crippen LogP contribution in [-0.4, -0.2) is 57.5 Å². The summed E-state index contributed by atoms with van der Waals surface area (Å²) >= 11 is 5.04. The molecule has 2 aliphatic heterocycles. The first kappa shape index (κ1) is 41.3. The monoisotopic (exact) mass is 826 g/mol. The number of rotatable bonds is 14. The lowest BCUT2D eigenvalue weighted by atomic mass is 9.78. The first-order chi connectivity index (χ1) is 27.2.